The van der Waals surface area contributed by atoms with Gasteiger partial charge in [0.15, 0.2) is 0 Å². The van der Waals surface area contributed by atoms with Crippen LogP contribution in [0, 0.1) is 0 Å². The highest BCUT2D eigenvalue weighted by Crippen LogP contribution is 2.19. The van der Waals surface area contributed by atoms with E-state index < -0.39 is 0 Å². The van der Waals surface area contributed by atoms with Crippen molar-refractivity contribution in [3.8, 4) is 0 Å². The highest BCUT2D eigenvalue weighted by molar-refractivity contribution is 7.84. The Morgan fingerprint density at radius 2 is 2.00 bits per heavy atom. The number of nitrogens with zero attached hydrogens (tertiary/aromatic N) is 3. The lowest BCUT2D eigenvalue weighted by molar-refractivity contribution is 0.730. The van der Waals surface area contributed by atoms with Gasteiger partial charge in [0.1, 0.15) is 12.2 Å². The van der Waals surface area contributed by atoms with Crippen LogP contribution in [0.25, 0.3) is 0 Å². The monoisotopic (exact) mass is 251 g/mol. The van der Waals surface area contributed by atoms with E-state index in [1.54, 1.807) is 6.33 Å². The molecule has 3 nitrogen and oxygen atoms in total. The lowest BCUT2D eigenvalue weighted by Gasteiger charge is -2.09. The summed E-state index contributed by atoms with van der Waals surface area (Å²) in [5.41, 5.74) is 1.23. The smallest absolute Gasteiger partial charge is 0.146 e. The van der Waals surface area contributed by atoms with Crippen LogP contribution >= 0.6 is 25.3 Å². The molecule has 2 aromatic rings. The number of benzene rings is 1. The maximum Gasteiger partial charge on any atom is 0.146 e. The highest BCUT2D eigenvalue weighted by atomic mass is 32.1. The van der Waals surface area contributed by atoms with Crippen LogP contribution in [0.1, 0.15) is 16.6 Å². The molecule has 1 unspecified atom stereocenters. The second-order valence-electron chi connectivity index (χ2n) is 3.50. The van der Waals surface area contributed by atoms with Crippen molar-refractivity contribution in [3.05, 3.63) is 48.0 Å². The van der Waals surface area contributed by atoms with Crippen molar-refractivity contribution in [1.82, 2.24) is 14.8 Å². The first kappa shape index (κ1) is 11.5. The maximum absolute atomic E-state index is 4.42. The fraction of sp³-hybridized carbons (Fsp3) is 0.273. The van der Waals surface area contributed by atoms with Crippen molar-refractivity contribution < 1.29 is 0 Å². The van der Waals surface area contributed by atoms with E-state index in [0.29, 0.717) is 5.75 Å². The molecule has 5 heteroatoms. The summed E-state index contributed by atoms with van der Waals surface area (Å²) in [6.07, 6.45) is 1.73. The summed E-state index contributed by atoms with van der Waals surface area (Å²) >= 11 is 8.64. The fourth-order valence-corrected chi connectivity index (χ4v) is 1.87. The van der Waals surface area contributed by atoms with Crippen LogP contribution in [-0.4, -0.2) is 20.5 Å². The molecule has 1 heterocycles. The molecule has 1 atom stereocenters. The fourth-order valence-electron chi connectivity index (χ4n) is 1.51. The van der Waals surface area contributed by atoms with E-state index in [1.807, 2.05) is 22.8 Å². The third-order valence-corrected chi connectivity index (χ3v) is 3.38. The molecule has 1 aromatic carbocycles. The zero-order valence-electron chi connectivity index (χ0n) is 8.69. The van der Waals surface area contributed by atoms with E-state index in [-0.39, 0.29) is 5.25 Å². The average Bonchev–Trinajstić information content (AvgIpc) is 2.77. The molecule has 0 fully saturated rings. The summed E-state index contributed by atoms with van der Waals surface area (Å²) in [5, 5.41) is 8.01. The van der Waals surface area contributed by atoms with Gasteiger partial charge in [-0.1, -0.05) is 30.3 Å². The molecular weight excluding hydrogens is 238 g/mol. The van der Waals surface area contributed by atoms with Crippen LogP contribution < -0.4 is 0 Å². The molecule has 16 heavy (non-hydrogen) atoms. The molecule has 0 aliphatic heterocycles. The third kappa shape index (κ3) is 2.59. The predicted molar refractivity (Wildman–Crippen MR) is 71.1 cm³/mol. The highest BCUT2D eigenvalue weighted by Gasteiger charge is 2.12. The first-order valence-electron chi connectivity index (χ1n) is 5.02. The molecule has 2 rings (SSSR count). The van der Waals surface area contributed by atoms with E-state index in [9.17, 15) is 0 Å². The van der Waals surface area contributed by atoms with Crippen LogP contribution in [0.2, 0.25) is 0 Å². The molecule has 0 saturated heterocycles. The van der Waals surface area contributed by atoms with Gasteiger partial charge in [-0.05, 0) is 5.56 Å². The number of hydrogen-bond acceptors (Lipinski definition) is 4. The predicted octanol–water partition coefficient (Wildman–Crippen LogP) is 2.23. The SMILES string of the molecule is SCC(S)c1nncn1Cc1ccccc1. The largest absolute Gasteiger partial charge is 0.312 e. The molecule has 0 saturated carbocycles. The van der Waals surface area contributed by atoms with Crippen LogP contribution in [0.15, 0.2) is 36.7 Å². The van der Waals surface area contributed by atoms with Gasteiger partial charge in [0.05, 0.1) is 11.8 Å². The van der Waals surface area contributed by atoms with Crippen LogP contribution in [0.4, 0.5) is 0 Å². The number of rotatable bonds is 4. The van der Waals surface area contributed by atoms with Gasteiger partial charge in [-0.25, -0.2) is 0 Å². The van der Waals surface area contributed by atoms with Crippen molar-refractivity contribution in [2.24, 2.45) is 0 Å². The van der Waals surface area contributed by atoms with Gasteiger partial charge in [-0.2, -0.15) is 25.3 Å². The normalized spacial score (nSPS) is 12.6. The second kappa shape index (κ2) is 5.41. The molecule has 0 aliphatic rings. The van der Waals surface area contributed by atoms with Gasteiger partial charge < -0.3 is 4.57 Å². The zero-order valence-corrected chi connectivity index (χ0v) is 10.5. The van der Waals surface area contributed by atoms with E-state index >= 15 is 0 Å². The van der Waals surface area contributed by atoms with Crippen molar-refractivity contribution >= 4 is 25.3 Å². The topological polar surface area (TPSA) is 30.7 Å². The lowest BCUT2D eigenvalue weighted by atomic mass is 10.2. The van der Waals surface area contributed by atoms with Crippen molar-refractivity contribution in [3.63, 3.8) is 0 Å². The van der Waals surface area contributed by atoms with E-state index in [4.69, 9.17) is 0 Å². The summed E-state index contributed by atoms with van der Waals surface area (Å²) in [7, 11) is 0. The Balaban J connectivity index is 2.19. The van der Waals surface area contributed by atoms with Crippen molar-refractivity contribution in [2.45, 2.75) is 11.8 Å². The van der Waals surface area contributed by atoms with Crippen LogP contribution in [0.3, 0.4) is 0 Å². The van der Waals surface area contributed by atoms with Crippen molar-refractivity contribution in [1.29, 1.82) is 0 Å². The minimum Gasteiger partial charge on any atom is -0.312 e. The number of hydrogen-bond donors (Lipinski definition) is 2. The Kier molecular flexibility index (Phi) is 3.90. The van der Waals surface area contributed by atoms with Gasteiger partial charge in [-0.3, -0.25) is 0 Å². The molecule has 0 radical (unpaired) electrons. The average molecular weight is 251 g/mol. The zero-order chi connectivity index (χ0) is 11.4. The Morgan fingerprint density at radius 1 is 1.25 bits per heavy atom. The van der Waals surface area contributed by atoms with E-state index in [2.05, 4.69) is 47.6 Å². The minimum atomic E-state index is 0.0227. The van der Waals surface area contributed by atoms with Crippen LogP contribution in [-0.2, 0) is 6.54 Å². The quantitative estimate of drug-likeness (QED) is 0.816. The van der Waals surface area contributed by atoms with Gasteiger partial charge >= 0.3 is 0 Å². The summed E-state index contributed by atoms with van der Waals surface area (Å²) in [5.74, 6) is 1.51. The first-order chi connectivity index (χ1) is 7.81. The van der Waals surface area contributed by atoms with Crippen LogP contribution in [0.5, 0.6) is 0 Å². The summed E-state index contributed by atoms with van der Waals surface area (Å²) in [4.78, 5) is 0. The number of aromatic nitrogens is 3. The molecule has 1 aromatic heterocycles. The lowest BCUT2D eigenvalue weighted by Crippen LogP contribution is -2.07. The Morgan fingerprint density at radius 3 is 2.69 bits per heavy atom. The summed E-state index contributed by atoms with van der Waals surface area (Å²) < 4.78 is 2.00. The molecule has 84 valence electrons. The first-order valence-corrected chi connectivity index (χ1v) is 6.16. The molecule has 0 N–H and O–H groups in total. The Hall–Kier alpha value is -0.940. The Bertz CT molecular complexity index is 442. The molecule has 0 amide bonds. The number of thiol groups is 2. The standard InChI is InChI=1S/C11H13N3S2/c15-7-10(16)11-13-12-8-14(11)6-9-4-2-1-3-5-9/h1-5,8,10,15-16H,6-7H2. The molecule has 0 bridgehead atoms. The van der Waals surface area contributed by atoms with E-state index in [1.165, 1.54) is 5.56 Å². The second-order valence-corrected chi connectivity index (χ2v) is 4.49. The molecule has 0 spiro atoms. The molecular formula is C11H13N3S2. The van der Waals surface area contributed by atoms with Gasteiger partial charge in [-0.15, -0.1) is 10.2 Å². The summed E-state index contributed by atoms with van der Waals surface area (Å²) in [6, 6.07) is 10.2. The van der Waals surface area contributed by atoms with Crippen molar-refractivity contribution in [2.75, 3.05) is 5.75 Å². The van der Waals surface area contributed by atoms with Gasteiger partial charge in [0.25, 0.3) is 0 Å². The van der Waals surface area contributed by atoms with Gasteiger partial charge in [0, 0.05) is 5.75 Å². The third-order valence-electron chi connectivity index (χ3n) is 2.31. The molecule has 0 aliphatic carbocycles. The Labute approximate surface area is 106 Å². The van der Waals surface area contributed by atoms with E-state index in [0.717, 1.165) is 12.4 Å². The summed E-state index contributed by atoms with van der Waals surface area (Å²) in [6.45, 7) is 0.772. The van der Waals surface area contributed by atoms with Gasteiger partial charge in [0.2, 0.25) is 0 Å². The minimum absolute atomic E-state index is 0.0227. The maximum atomic E-state index is 4.42.